The smallest absolute Gasteiger partial charge is 0.237 e. The van der Waals surface area contributed by atoms with Gasteiger partial charge >= 0.3 is 0 Å². The molecule has 1 aliphatic rings. The van der Waals surface area contributed by atoms with Gasteiger partial charge in [-0.1, -0.05) is 0 Å². The van der Waals surface area contributed by atoms with Gasteiger partial charge in [0.15, 0.2) is 0 Å². The van der Waals surface area contributed by atoms with Crippen molar-refractivity contribution in [3.05, 3.63) is 17.8 Å². The molecule has 1 aliphatic heterocycles. The lowest BCUT2D eigenvalue weighted by Gasteiger charge is -2.13. The normalized spacial score (nSPS) is 21.1. The second kappa shape index (κ2) is 3.84. The maximum atomic E-state index is 5.83. The SMILES string of the molecule is Cc1ccnc(OC2CCOC2)c1N. The van der Waals surface area contributed by atoms with Crippen molar-refractivity contribution in [2.75, 3.05) is 18.9 Å². The molecule has 1 aromatic heterocycles. The summed E-state index contributed by atoms with van der Waals surface area (Å²) in [6.45, 7) is 3.33. The molecular weight excluding hydrogens is 180 g/mol. The van der Waals surface area contributed by atoms with Crippen LogP contribution in [0.4, 0.5) is 5.69 Å². The summed E-state index contributed by atoms with van der Waals surface area (Å²) < 4.78 is 10.8. The van der Waals surface area contributed by atoms with Crippen LogP contribution in [0.5, 0.6) is 5.88 Å². The molecule has 4 nitrogen and oxygen atoms in total. The molecule has 14 heavy (non-hydrogen) atoms. The summed E-state index contributed by atoms with van der Waals surface area (Å²) in [4.78, 5) is 4.10. The molecule has 0 aliphatic carbocycles. The number of aromatic nitrogens is 1. The molecule has 1 atom stereocenters. The van der Waals surface area contributed by atoms with Crippen LogP contribution in [0.25, 0.3) is 0 Å². The number of nitrogen functional groups attached to an aromatic ring is 1. The molecule has 4 heteroatoms. The van der Waals surface area contributed by atoms with E-state index >= 15 is 0 Å². The standard InChI is InChI=1S/C10H14N2O2/c1-7-2-4-12-10(9(7)11)14-8-3-5-13-6-8/h2,4,8H,3,5-6,11H2,1H3. The number of hydrogen-bond acceptors (Lipinski definition) is 4. The second-order valence-electron chi connectivity index (χ2n) is 3.45. The van der Waals surface area contributed by atoms with Gasteiger partial charge in [-0.15, -0.1) is 0 Å². The van der Waals surface area contributed by atoms with Gasteiger partial charge in [0.2, 0.25) is 5.88 Å². The molecule has 2 rings (SSSR count). The van der Waals surface area contributed by atoms with Crippen LogP contribution in [0, 0.1) is 6.92 Å². The fourth-order valence-electron chi connectivity index (χ4n) is 1.40. The summed E-state index contributed by atoms with van der Waals surface area (Å²) in [7, 11) is 0. The van der Waals surface area contributed by atoms with Gasteiger partial charge in [-0.25, -0.2) is 4.98 Å². The molecule has 76 valence electrons. The molecule has 0 spiro atoms. The minimum Gasteiger partial charge on any atom is -0.470 e. The number of hydrogen-bond donors (Lipinski definition) is 1. The molecule has 0 saturated carbocycles. The summed E-state index contributed by atoms with van der Waals surface area (Å²) in [6, 6.07) is 1.87. The summed E-state index contributed by atoms with van der Waals surface area (Å²) in [6.07, 6.45) is 2.72. The number of nitrogens with two attached hydrogens (primary N) is 1. The van der Waals surface area contributed by atoms with Crippen LogP contribution in [0.2, 0.25) is 0 Å². The molecular formula is C10H14N2O2. The first kappa shape index (κ1) is 9.27. The van der Waals surface area contributed by atoms with Crippen LogP contribution in [0.15, 0.2) is 12.3 Å². The third kappa shape index (κ3) is 1.80. The zero-order valence-corrected chi connectivity index (χ0v) is 8.19. The first-order valence-corrected chi connectivity index (χ1v) is 4.73. The summed E-state index contributed by atoms with van der Waals surface area (Å²) >= 11 is 0. The molecule has 0 bridgehead atoms. The van der Waals surface area contributed by atoms with E-state index in [2.05, 4.69) is 4.98 Å². The average Bonchev–Trinajstić information content (AvgIpc) is 2.66. The Hall–Kier alpha value is -1.29. The molecule has 0 radical (unpaired) electrons. The van der Waals surface area contributed by atoms with E-state index in [9.17, 15) is 0 Å². The van der Waals surface area contributed by atoms with E-state index in [0.29, 0.717) is 18.2 Å². The highest BCUT2D eigenvalue weighted by molar-refractivity contribution is 5.53. The number of pyridine rings is 1. The van der Waals surface area contributed by atoms with Crippen molar-refractivity contribution >= 4 is 5.69 Å². The molecule has 1 unspecified atom stereocenters. The van der Waals surface area contributed by atoms with Crippen LogP contribution in [-0.4, -0.2) is 24.3 Å². The molecule has 1 fully saturated rings. The van der Waals surface area contributed by atoms with Crippen LogP contribution in [0.3, 0.4) is 0 Å². The maximum Gasteiger partial charge on any atom is 0.237 e. The Morgan fingerprint density at radius 1 is 1.64 bits per heavy atom. The van der Waals surface area contributed by atoms with Crippen molar-refractivity contribution in [3.8, 4) is 5.88 Å². The summed E-state index contributed by atoms with van der Waals surface area (Å²) in [5, 5.41) is 0. The number of nitrogens with zero attached hydrogens (tertiary/aromatic N) is 1. The Balaban J connectivity index is 2.11. The van der Waals surface area contributed by atoms with Gasteiger partial charge in [0, 0.05) is 12.6 Å². The predicted molar refractivity (Wildman–Crippen MR) is 53.2 cm³/mol. The maximum absolute atomic E-state index is 5.83. The minimum atomic E-state index is 0.103. The molecule has 0 amide bonds. The van der Waals surface area contributed by atoms with Gasteiger partial charge in [0.25, 0.3) is 0 Å². The van der Waals surface area contributed by atoms with Crippen molar-refractivity contribution < 1.29 is 9.47 Å². The highest BCUT2D eigenvalue weighted by atomic mass is 16.5. The molecule has 2 heterocycles. The average molecular weight is 194 g/mol. The van der Waals surface area contributed by atoms with E-state index in [0.717, 1.165) is 18.6 Å². The quantitative estimate of drug-likeness (QED) is 0.767. The lowest BCUT2D eigenvalue weighted by molar-refractivity contribution is 0.138. The van der Waals surface area contributed by atoms with Crippen LogP contribution < -0.4 is 10.5 Å². The van der Waals surface area contributed by atoms with E-state index in [4.69, 9.17) is 15.2 Å². The van der Waals surface area contributed by atoms with Gasteiger partial charge < -0.3 is 15.2 Å². The first-order valence-electron chi connectivity index (χ1n) is 4.73. The van der Waals surface area contributed by atoms with Gasteiger partial charge in [-0.2, -0.15) is 0 Å². The fraction of sp³-hybridized carbons (Fsp3) is 0.500. The number of ether oxygens (including phenoxy) is 2. The van der Waals surface area contributed by atoms with Gasteiger partial charge in [0.05, 0.1) is 18.9 Å². The van der Waals surface area contributed by atoms with Crippen molar-refractivity contribution in [2.24, 2.45) is 0 Å². The molecule has 1 aromatic rings. The lowest BCUT2D eigenvalue weighted by atomic mass is 10.2. The van der Waals surface area contributed by atoms with Crippen molar-refractivity contribution in [1.82, 2.24) is 4.98 Å². The monoisotopic (exact) mass is 194 g/mol. The number of rotatable bonds is 2. The largest absolute Gasteiger partial charge is 0.470 e. The number of anilines is 1. The lowest BCUT2D eigenvalue weighted by Crippen LogP contribution is -2.17. The van der Waals surface area contributed by atoms with Crippen LogP contribution in [0.1, 0.15) is 12.0 Å². The van der Waals surface area contributed by atoms with Crippen molar-refractivity contribution in [1.29, 1.82) is 0 Å². The van der Waals surface area contributed by atoms with Crippen LogP contribution >= 0.6 is 0 Å². The zero-order valence-electron chi connectivity index (χ0n) is 8.19. The predicted octanol–water partition coefficient (Wildman–Crippen LogP) is 1.14. The second-order valence-corrected chi connectivity index (χ2v) is 3.45. The topological polar surface area (TPSA) is 57.4 Å². The minimum absolute atomic E-state index is 0.103. The summed E-state index contributed by atoms with van der Waals surface area (Å²) in [5.74, 6) is 0.528. The highest BCUT2D eigenvalue weighted by Crippen LogP contribution is 2.23. The highest BCUT2D eigenvalue weighted by Gasteiger charge is 2.19. The summed E-state index contributed by atoms with van der Waals surface area (Å²) in [5.41, 5.74) is 7.45. The molecule has 2 N–H and O–H groups in total. The Kier molecular flexibility index (Phi) is 2.54. The zero-order chi connectivity index (χ0) is 9.97. The van der Waals surface area contributed by atoms with Gasteiger partial charge in [-0.3, -0.25) is 0 Å². The van der Waals surface area contributed by atoms with Crippen molar-refractivity contribution in [2.45, 2.75) is 19.4 Å². The van der Waals surface area contributed by atoms with E-state index in [-0.39, 0.29) is 6.10 Å². The number of aryl methyl sites for hydroxylation is 1. The molecule has 1 saturated heterocycles. The third-order valence-electron chi connectivity index (χ3n) is 2.34. The van der Waals surface area contributed by atoms with E-state index < -0.39 is 0 Å². The Morgan fingerprint density at radius 2 is 2.50 bits per heavy atom. The molecule has 0 aromatic carbocycles. The van der Waals surface area contributed by atoms with Gasteiger partial charge in [0.1, 0.15) is 6.10 Å². The van der Waals surface area contributed by atoms with Gasteiger partial charge in [-0.05, 0) is 18.6 Å². The van der Waals surface area contributed by atoms with E-state index in [1.165, 1.54) is 0 Å². The Bertz CT molecular complexity index is 322. The van der Waals surface area contributed by atoms with E-state index in [1.54, 1.807) is 6.20 Å². The van der Waals surface area contributed by atoms with Crippen molar-refractivity contribution in [3.63, 3.8) is 0 Å². The van der Waals surface area contributed by atoms with Crippen LogP contribution in [-0.2, 0) is 4.74 Å². The van der Waals surface area contributed by atoms with E-state index in [1.807, 2.05) is 13.0 Å². The Morgan fingerprint density at radius 3 is 3.21 bits per heavy atom. The first-order chi connectivity index (χ1) is 6.77. The third-order valence-corrected chi connectivity index (χ3v) is 2.34. The Labute approximate surface area is 83.0 Å². The fourth-order valence-corrected chi connectivity index (χ4v) is 1.40.